The minimum absolute atomic E-state index is 0.0598. The highest BCUT2D eigenvalue weighted by Crippen LogP contribution is 2.28. The molecule has 9 nitrogen and oxygen atoms in total. The number of carbonyl (C=O) groups excluding carboxylic acids is 1. The van der Waals surface area contributed by atoms with Crippen LogP contribution in [0, 0.1) is 11.8 Å². The van der Waals surface area contributed by atoms with Crippen molar-refractivity contribution in [3.8, 4) is 0 Å². The van der Waals surface area contributed by atoms with Gasteiger partial charge in [0, 0.05) is 50.9 Å². The van der Waals surface area contributed by atoms with Crippen LogP contribution >= 0.6 is 0 Å². The minimum atomic E-state index is -0.131. The van der Waals surface area contributed by atoms with E-state index in [-0.39, 0.29) is 24.2 Å². The molecule has 5 fully saturated rings. The minimum Gasteiger partial charge on any atom is -0.377 e. The number of nitrogens with zero attached hydrogens (tertiary/aromatic N) is 2. The van der Waals surface area contributed by atoms with E-state index in [2.05, 4.69) is 25.9 Å². The van der Waals surface area contributed by atoms with Crippen LogP contribution in [0.3, 0.4) is 0 Å². The van der Waals surface area contributed by atoms with Gasteiger partial charge in [-0.1, -0.05) is 0 Å². The first-order chi connectivity index (χ1) is 15.2. The van der Waals surface area contributed by atoms with Crippen LogP contribution in [-0.2, 0) is 14.4 Å². The number of likely N-dealkylation sites (tertiary alicyclic amines) is 2. The molecule has 1 amide bonds. The highest BCUT2D eigenvalue weighted by Gasteiger charge is 2.43. The summed E-state index contributed by atoms with van der Waals surface area (Å²) in [6.07, 6.45) is 10.1. The molecule has 0 aliphatic carbocycles. The molecule has 0 bridgehead atoms. The summed E-state index contributed by atoms with van der Waals surface area (Å²) in [5, 5.41) is 6.27. The average Bonchev–Trinajstić information content (AvgIpc) is 3.56. The maximum atomic E-state index is 11.5. The van der Waals surface area contributed by atoms with Crippen LogP contribution in [0.4, 0.5) is 0 Å². The van der Waals surface area contributed by atoms with Gasteiger partial charge in [0.2, 0.25) is 5.91 Å². The molecule has 6 N–H and O–H groups in total. The van der Waals surface area contributed by atoms with Crippen molar-refractivity contribution in [2.45, 2.75) is 82.1 Å². The van der Waals surface area contributed by atoms with Crippen LogP contribution in [0.5, 0.6) is 0 Å². The van der Waals surface area contributed by atoms with Crippen molar-refractivity contribution < 1.29 is 19.7 Å². The lowest BCUT2D eigenvalue weighted by Crippen LogP contribution is -2.95. The predicted octanol–water partition coefficient (Wildman–Crippen LogP) is -1.10. The van der Waals surface area contributed by atoms with E-state index in [4.69, 9.17) is 15.3 Å². The van der Waals surface area contributed by atoms with Gasteiger partial charge in [-0.3, -0.25) is 24.7 Å². The van der Waals surface area contributed by atoms with Gasteiger partial charge in [0.25, 0.3) is 0 Å². The second kappa shape index (κ2) is 9.99. The Morgan fingerprint density at radius 3 is 2.74 bits per heavy atom. The Morgan fingerprint density at radius 1 is 1.10 bits per heavy atom. The van der Waals surface area contributed by atoms with Crippen LogP contribution < -0.4 is 21.8 Å². The third kappa shape index (κ3) is 5.08. The van der Waals surface area contributed by atoms with Gasteiger partial charge >= 0.3 is 0 Å². The van der Waals surface area contributed by atoms with E-state index in [0.29, 0.717) is 24.2 Å². The molecule has 5 heterocycles. The third-order valence-corrected chi connectivity index (χ3v) is 8.28. The molecule has 5 unspecified atom stereocenters. The van der Waals surface area contributed by atoms with E-state index in [0.717, 1.165) is 58.6 Å². The Labute approximate surface area is 185 Å². The van der Waals surface area contributed by atoms with Crippen LogP contribution in [-0.4, -0.2) is 85.7 Å². The molecule has 5 rings (SSSR count). The fourth-order valence-corrected chi connectivity index (χ4v) is 6.43. The number of piperidine rings is 2. The molecule has 0 aromatic carbocycles. The number of rotatable bonds is 6. The molecular formula is C22H41N6O3+. The van der Waals surface area contributed by atoms with Crippen LogP contribution in [0.15, 0.2) is 0 Å². The van der Waals surface area contributed by atoms with Crippen LogP contribution in [0.1, 0.15) is 51.4 Å². The van der Waals surface area contributed by atoms with Crippen molar-refractivity contribution >= 4 is 5.91 Å². The number of carbonyl (C=O) groups is 1. The molecule has 9 heteroatoms. The zero-order valence-electron chi connectivity index (χ0n) is 18.7. The maximum Gasteiger partial charge on any atom is 0.220 e. The van der Waals surface area contributed by atoms with Gasteiger partial charge in [-0.25, -0.2) is 0 Å². The van der Waals surface area contributed by atoms with Gasteiger partial charge in [-0.15, -0.1) is 0 Å². The van der Waals surface area contributed by atoms with Crippen molar-refractivity contribution in [1.82, 2.24) is 20.6 Å². The number of nitrogens with one attached hydrogen (secondary N) is 2. The molecule has 0 spiro atoms. The first-order valence-corrected chi connectivity index (χ1v) is 12.6. The van der Waals surface area contributed by atoms with Gasteiger partial charge in [0.05, 0.1) is 24.9 Å². The maximum absolute atomic E-state index is 11.5. The van der Waals surface area contributed by atoms with Crippen molar-refractivity contribution in [1.29, 1.82) is 0 Å². The summed E-state index contributed by atoms with van der Waals surface area (Å²) >= 11 is 0. The second-order valence-electron chi connectivity index (χ2n) is 10.2. The molecule has 0 saturated carbocycles. The summed E-state index contributed by atoms with van der Waals surface area (Å²) < 4.78 is 5.88. The zero-order valence-corrected chi connectivity index (χ0v) is 18.7. The van der Waals surface area contributed by atoms with Gasteiger partial charge in [0.1, 0.15) is 12.4 Å². The van der Waals surface area contributed by atoms with Gasteiger partial charge < -0.3 is 15.8 Å². The van der Waals surface area contributed by atoms with Crippen molar-refractivity contribution in [3.05, 3.63) is 0 Å². The largest absolute Gasteiger partial charge is 0.377 e. The topological polar surface area (TPSA) is 109 Å². The Kier molecular flexibility index (Phi) is 7.09. The number of hydrogen-bond donors (Lipinski definition) is 4. The number of primary amides is 1. The second-order valence-corrected chi connectivity index (χ2v) is 10.2. The molecule has 31 heavy (non-hydrogen) atoms. The summed E-state index contributed by atoms with van der Waals surface area (Å²) in [6, 6.07) is 0.431. The van der Waals surface area contributed by atoms with Crippen molar-refractivity contribution in [3.63, 3.8) is 0 Å². The number of hydroxylamine groups is 1. The summed E-state index contributed by atoms with van der Waals surface area (Å²) in [6.45, 7) is 6.21. The lowest BCUT2D eigenvalue weighted by molar-refractivity contribution is -0.720. The molecular weight excluding hydrogens is 396 g/mol. The Bertz CT molecular complexity index is 610. The number of nitrogens with two attached hydrogens (primary N) is 2. The van der Waals surface area contributed by atoms with Gasteiger partial charge in [-0.05, 0) is 45.1 Å². The van der Waals surface area contributed by atoms with Crippen molar-refractivity contribution in [2.24, 2.45) is 17.6 Å². The lowest BCUT2D eigenvalue weighted by Gasteiger charge is -2.39. The predicted molar refractivity (Wildman–Crippen MR) is 115 cm³/mol. The van der Waals surface area contributed by atoms with Gasteiger partial charge in [0.15, 0.2) is 0 Å². The number of amides is 1. The third-order valence-electron chi connectivity index (χ3n) is 8.28. The van der Waals surface area contributed by atoms with Crippen LogP contribution in [0.2, 0.25) is 0 Å². The number of hydrogen-bond acceptors (Lipinski definition) is 7. The summed E-state index contributed by atoms with van der Waals surface area (Å²) in [7, 11) is 0. The first-order valence-electron chi connectivity index (χ1n) is 12.6. The van der Waals surface area contributed by atoms with E-state index < -0.39 is 0 Å². The van der Waals surface area contributed by atoms with Gasteiger partial charge in [-0.2, -0.15) is 5.48 Å². The fraction of sp³-hybridized carbons (Fsp3) is 0.955. The summed E-state index contributed by atoms with van der Waals surface area (Å²) in [5.74, 6) is 0.488. The standard InChI is InChI=1S/C22H40N6O3/c23-20(29)15-6-10-27(11-7-15)19-13-16(5-8-24-19)21-25-22(31-26-21)18-4-1-9-28(18)14-17-3-2-12-30-17/h15-19,21-22,24-26H,1-14H2,(H2,23,29)/p+1/t16?,17?,18-,19?,21?,22?/m0/s1. The Balaban J connectivity index is 1.11. The molecule has 5 aliphatic heterocycles. The fourth-order valence-electron chi connectivity index (χ4n) is 6.43. The Morgan fingerprint density at radius 2 is 1.97 bits per heavy atom. The monoisotopic (exact) mass is 437 g/mol. The highest BCUT2D eigenvalue weighted by molar-refractivity contribution is 5.76. The van der Waals surface area contributed by atoms with E-state index in [1.807, 2.05) is 0 Å². The van der Waals surface area contributed by atoms with E-state index in [1.54, 1.807) is 0 Å². The van der Waals surface area contributed by atoms with E-state index >= 15 is 0 Å². The molecule has 0 aromatic rings. The number of ether oxygens (including phenoxy) is 1. The smallest absolute Gasteiger partial charge is 0.220 e. The zero-order chi connectivity index (χ0) is 21.2. The van der Waals surface area contributed by atoms with Crippen LogP contribution in [0.25, 0.3) is 0 Å². The number of quaternary nitrogens is 1. The molecule has 5 aliphatic rings. The van der Waals surface area contributed by atoms with E-state index in [1.165, 1.54) is 32.1 Å². The molecule has 176 valence electrons. The first kappa shape index (κ1) is 22.0. The SMILES string of the molecule is NC(=O)C1CCN(C2CC(C3NOC([C@@H]4CCCN4CC4CCCO4)N3)CC[NH2+]2)CC1. The highest BCUT2D eigenvalue weighted by atomic mass is 16.7. The van der Waals surface area contributed by atoms with E-state index in [9.17, 15) is 4.79 Å². The molecule has 0 aromatic heterocycles. The summed E-state index contributed by atoms with van der Waals surface area (Å²) in [4.78, 5) is 22.7. The Hall–Kier alpha value is -0.810. The quantitative estimate of drug-likeness (QED) is 0.418. The molecule has 5 saturated heterocycles. The summed E-state index contributed by atoms with van der Waals surface area (Å²) in [5.41, 5.74) is 8.86. The average molecular weight is 438 g/mol. The lowest BCUT2D eigenvalue weighted by atomic mass is 9.90. The van der Waals surface area contributed by atoms with Crippen molar-refractivity contribution in [2.75, 3.05) is 39.3 Å². The normalized spacial score (nSPS) is 41.2. The molecule has 6 atom stereocenters. The molecule has 0 radical (unpaired) electrons.